The van der Waals surface area contributed by atoms with E-state index in [-0.39, 0.29) is 17.1 Å². The van der Waals surface area contributed by atoms with Crippen molar-refractivity contribution in [3.63, 3.8) is 0 Å². The van der Waals surface area contributed by atoms with Crippen LogP contribution in [-0.2, 0) is 14.3 Å². The number of carbonyl (C=O) groups is 1. The Morgan fingerprint density at radius 1 is 0.407 bits per heavy atom. The van der Waals surface area contributed by atoms with Gasteiger partial charge in [-0.05, 0) is 198 Å². The molecule has 0 saturated carbocycles. The van der Waals surface area contributed by atoms with Gasteiger partial charge in [-0.1, -0.05) is 36.4 Å². The van der Waals surface area contributed by atoms with Gasteiger partial charge in [-0.15, -0.1) is 0 Å². The van der Waals surface area contributed by atoms with E-state index < -0.39 is 0 Å². The van der Waals surface area contributed by atoms with Crippen LogP contribution < -0.4 is 46.1 Å². The summed E-state index contributed by atoms with van der Waals surface area (Å²) in [5.74, 6) is 7.01. The molecule has 0 aliphatic carbocycles. The molecule has 3 fully saturated rings. The Kier molecular flexibility index (Phi) is 23.6. The second-order valence-electron chi connectivity index (χ2n) is 27.3. The van der Waals surface area contributed by atoms with E-state index in [1.807, 2.05) is 138 Å². The van der Waals surface area contributed by atoms with Crippen LogP contribution in [0.5, 0.6) is 17.2 Å². The minimum Gasteiger partial charge on any atom is -0.496 e. The van der Waals surface area contributed by atoms with Crippen LogP contribution in [-0.4, -0.2) is 129 Å². The summed E-state index contributed by atoms with van der Waals surface area (Å²) in [6.07, 6.45) is 20.3. The summed E-state index contributed by atoms with van der Waals surface area (Å²) in [6, 6.07) is 52.5. The number of nitrogens with zero attached hydrogens (tertiary/aromatic N) is 13. The number of piperidine rings is 1. The second-order valence-corrected chi connectivity index (χ2v) is 27.3. The van der Waals surface area contributed by atoms with E-state index in [1.54, 1.807) is 90.1 Å². The van der Waals surface area contributed by atoms with Gasteiger partial charge < -0.3 is 60.5 Å². The number of hydrogen-bond acceptors (Lipinski definition) is 24. The van der Waals surface area contributed by atoms with Crippen molar-refractivity contribution >= 4 is 75.3 Å². The van der Waals surface area contributed by atoms with Gasteiger partial charge in [0.05, 0.1) is 73.3 Å². The zero-order valence-corrected chi connectivity index (χ0v) is 61.6. The molecule has 25 nitrogen and oxygen atoms in total. The predicted octanol–water partition coefficient (Wildman–Crippen LogP) is 17.0. The first-order valence-electron chi connectivity index (χ1n) is 35.9. The summed E-state index contributed by atoms with van der Waals surface area (Å²) in [5, 5.41) is 19.9. The molecule has 1 unspecified atom stereocenters. The van der Waals surface area contributed by atoms with E-state index >= 15 is 0 Å². The third kappa shape index (κ3) is 19.1. The molecule has 550 valence electrons. The average molecular weight is 1450 g/mol. The van der Waals surface area contributed by atoms with Gasteiger partial charge in [-0.2, -0.15) is 15.0 Å². The number of hydrogen-bond donors (Lipinski definition) is 6. The van der Waals surface area contributed by atoms with E-state index in [1.165, 1.54) is 5.56 Å². The standard InChI is InChI=1S/C30H34N6O2.C28H29N7O2.C25H24N6O2/c1-29(2)18-20(19-30(3,4)38-29)22-12-11-21(17-25(22)37-5)34-28-33-16-13-26(36-28)35-24-10-8-15-32-27(24)23-9-6-7-14-31-23;1-19(36)35-16-11-20(12-17-35)22-9-8-21(18-25(22)37-2)32-28-31-15-10-26(34-28)33-24-7-5-14-30-27(24)23-6-3-4-13-29-23;1-32-22-15-18(7-8-19(22)17-10-14-33-16-17)29-25-28-13-9-23(31-25)30-21-6-4-12-27-24(21)20-5-2-3-11-26-20/h6-17,20H,18-19H2,1-5H3,(H2,33,34,35,36);3-10,13-15,18,20H,11-12,16-17H2,1-2H3,(H2,31,32,33,34);2-9,11-13,15,17H,10,14,16H2,1H3,(H2,28,29,30,31). The van der Waals surface area contributed by atoms with Gasteiger partial charge in [0, 0.05) is 124 Å². The summed E-state index contributed by atoms with van der Waals surface area (Å²) < 4.78 is 29.0. The molecule has 3 aromatic carbocycles. The second kappa shape index (κ2) is 34.5. The summed E-state index contributed by atoms with van der Waals surface area (Å²) in [5.41, 5.74) is 12.7. The maximum absolute atomic E-state index is 11.7. The highest BCUT2D eigenvalue weighted by molar-refractivity contribution is 5.78. The number of pyridine rings is 6. The fourth-order valence-corrected chi connectivity index (χ4v) is 13.9. The number of methoxy groups -OCH3 is 3. The van der Waals surface area contributed by atoms with Crippen molar-refractivity contribution in [1.82, 2.24) is 64.7 Å². The Labute approximate surface area is 628 Å². The molecular weight excluding hydrogens is 1360 g/mol. The van der Waals surface area contributed by atoms with Crippen molar-refractivity contribution in [3.8, 4) is 51.4 Å². The molecule has 0 bridgehead atoms. The van der Waals surface area contributed by atoms with E-state index in [0.29, 0.717) is 53.1 Å². The number of benzene rings is 3. The van der Waals surface area contributed by atoms with Gasteiger partial charge in [0.1, 0.15) is 51.8 Å². The molecule has 12 heterocycles. The Hall–Kier alpha value is -12.6. The highest BCUT2D eigenvalue weighted by Crippen LogP contribution is 2.47. The lowest BCUT2D eigenvalue weighted by Crippen LogP contribution is -2.44. The molecule has 15 rings (SSSR count). The highest BCUT2D eigenvalue weighted by atomic mass is 16.5. The molecule has 6 N–H and O–H groups in total. The monoisotopic (exact) mass is 1450 g/mol. The van der Waals surface area contributed by atoms with Crippen molar-refractivity contribution in [2.45, 2.75) is 95.7 Å². The van der Waals surface area contributed by atoms with Crippen LogP contribution in [0.3, 0.4) is 0 Å². The van der Waals surface area contributed by atoms with Gasteiger partial charge >= 0.3 is 0 Å². The summed E-state index contributed by atoms with van der Waals surface area (Å²) in [7, 11) is 5.08. The Morgan fingerprint density at radius 3 is 1.12 bits per heavy atom. The number of rotatable bonds is 21. The summed E-state index contributed by atoms with van der Waals surface area (Å²) in [4.78, 5) is 67.4. The fraction of sp³-hybridized carbons (Fsp3) is 0.265. The number of nitrogens with one attached hydrogen (secondary N) is 6. The van der Waals surface area contributed by atoms with Crippen LogP contribution in [0, 0.1) is 0 Å². The number of aromatic nitrogens is 12. The van der Waals surface area contributed by atoms with Crippen LogP contribution in [0.4, 0.5) is 69.4 Å². The first-order chi connectivity index (χ1) is 52.6. The molecule has 3 aliphatic rings. The first-order valence-corrected chi connectivity index (χ1v) is 35.9. The molecular formula is C83H87N19O6. The number of ether oxygens (including phenoxy) is 5. The lowest BCUT2D eigenvalue weighted by Gasteiger charge is -2.45. The Balaban J connectivity index is 0.000000143. The van der Waals surface area contributed by atoms with Crippen molar-refractivity contribution < 1.29 is 28.5 Å². The molecule has 0 spiro atoms. The minimum absolute atomic E-state index is 0.137. The van der Waals surface area contributed by atoms with Gasteiger partial charge in [0.2, 0.25) is 23.8 Å². The van der Waals surface area contributed by atoms with Gasteiger partial charge in [-0.25, -0.2) is 15.0 Å². The van der Waals surface area contributed by atoms with Crippen molar-refractivity contribution in [1.29, 1.82) is 0 Å². The van der Waals surface area contributed by atoms with E-state index in [4.69, 9.17) is 23.7 Å². The molecule has 25 heteroatoms. The van der Waals surface area contributed by atoms with E-state index in [9.17, 15) is 4.79 Å². The third-order valence-electron chi connectivity index (χ3n) is 18.6. The highest BCUT2D eigenvalue weighted by Gasteiger charge is 2.41. The smallest absolute Gasteiger partial charge is 0.229 e. The maximum atomic E-state index is 11.7. The number of anilines is 12. The summed E-state index contributed by atoms with van der Waals surface area (Å²) >= 11 is 0. The van der Waals surface area contributed by atoms with Crippen LogP contribution in [0.2, 0.25) is 0 Å². The van der Waals surface area contributed by atoms with Gasteiger partial charge in [0.15, 0.2) is 0 Å². The molecule has 1 amide bonds. The molecule has 3 aliphatic heterocycles. The molecule has 1 atom stereocenters. The number of likely N-dealkylation sites (tertiary alicyclic amines) is 1. The van der Waals surface area contributed by atoms with Crippen LogP contribution in [0.1, 0.15) is 101 Å². The number of carbonyl (C=O) groups excluding carboxylic acids is 1. The fourth-order valence-electron chi connectivity index (χ4n) is 13.9. The zero-order valence-electron chi connectivity index (χ0n) is 61.6. The quantitative estimate of drug-likeness (QED) is 0.0390. The lowest BCUT2D eigenvalue weighted by atomic mass is 9.77. The first kappa shape index (κ1) is 73.7. The normalized spacial score (nSPS) is 15.2. The van der Waals surface area contributed by atoms with Gasteiger partial charge in [0.25, 0.3) is 0 Å². The Bertz CT molecular complexity index is 4980. The topological polar surface area (TPSA) is 293 Å². The Morgan fingerprint density at radius 2 is 0.778 bits per heavy atom. The SMILES string of the molecule is COc1cc(Nc2nccc(Nc3cccnc3-c3ccccn3)n2)ccc1C1CC(C)(C)OC(C)(C)C1.COc1cc(Nc2nccc(Nc3cccnc3-c3ccccn3)n2)ccc1C1CCN(C(C)=O)CC1.COc1cc(Nc2nccc(Nc3cccnc3-c3ccccn3)n2)ccc1C1CCOC1. The van der Waals surface area contributed by atoms with E-state index in [2.05, 4.69) is 144 Å². The molecule has 9 aromatic heterocycles. The summed E-state index contributed by atoms with van der Waals surface area (Å²) in [6.45, 7) is 13.3. The molecule has 108 heavy (non-hydrogen) atoms. The van der Waals surface area contributed by atoms with Crippen LogP contribution in [0.25, 0.3) is 34.2 Å². The molecule has 0 radical (unpaired) electrons. The van der Waals surface area contributed by atoms with Crippen LogP contribution >= 0.6 is 0 Å². The molecule has 3 saturated heterocycles. The van der Waals surface area contributed by atoms with Crippen molar-refractivity contribution in [2.75, 3.05) is 79.5 Å². The average Bonchev–Trinajstić information content (AvgIpc) is 1.04. The third-order valence-corrected chi connectivity index (χ3v) is 18.6. The largest absolute Gasteiger partial charge is 0.496 e. The lowest BCUT2D eigenvalue weighted by molar-refractivity contribution is -0.162. The predicted molar refractivity (Wildman–Crippen MR) is 421 cm³/mol. The number of amides is 1. The zero-order chi connectivity index (χ0) is 74.8. The minimum atomic E-state index is -0.194. The van der Waals surface area contributed by atoms with E-state index in [0.717, 1.165) is 155 Å². The van der Waals surface area contributed by atoms with Crippen molar-refractivity contribution in [3.05, 3.63) is 236 Å². The van der Waals surface area contributed by atoms with Crippen molar-refractivity contribution in [2.24, 2.45) is 0 Å². The maximum Gasteiger partial charge on any atom is 0.229 e. The molecule has 12 aromatic rings. The van der Waals surface area contributed by atoms with Crippen LogP contribution in [0.15, 0.2) is 220 Å². The van der Waals surface area contributed by atoms with Gasteiger partial charge in [-0.3, -0.25) is 34.7 Å².